The van der Waals surface area contributed by atoms with Crippen LogP contribution in [0, 0.1) is 0 Å². The molecular formula is C16H31O4PZn. The minimum Gasteiger partial charge on any atom is -0.302 e. The molecule has 0 rings (SSSR count). The van der Waals surface area contributed by atoms with E-state index in [-0.39, 0.29) is 31.7 Å². The van der Waals surface area contributed by atoms with Gasteiger partial charge in [0.25, 0.3) is 0 Å². The molecule has 0 fully saturated rings. The molecule has 0 aromatic carbocycles. The van der Waals surface area contributed by atoms with Crippen LogP contribution in [0.1, 0.15) is 65.2 Å². The molecule has 6 heteroatoms. The predicted octanol–water partition coefficient (Wildman–Crippen LogP) is 5.39. The van der Waals surface area contributed by atoms with E-state index in [0.29, 0.717) is 12.8 Å². The monoisotopic (exact) mass is 382 g/mol. The van der Waals surface area contributed by atoms with Crippen molar-refractivity contribution in [3.8, 4) is 0 Å². The molecule has 2 unspecified atom stereocenters. The number of hydrogen-bond acceptors (Lipinski definition) is 3. The molecule has 126 valence electrons. The molecule has 0 aromatic rings. The second kappa shape index (κ2) is 14.8. The van der Waals surface area contributed by atoms with Gasteiger partial charge in [-0.25, -0.2) is 4.57 Å². The molecule has 0 spiro atoms. The Morgan fingerprint density at radius 3 is 1.64 bits per heavy atom. The molecule has 1 N–H and O–H groups in total. The first-order valence-electron chi connectivity index (χ1n) is 7.90. The number of phosphoric acid groups is 1. The Balaban J connectivity index is 0. The maximum Gasteiger partial charge on any atom is 0.472 e. The van der Waals surface area contributed by atoms with Gasteiger partial charge in [-0.3, -0.25) is 9.05 Å². The summed E-state index contributed by atoms with van der Waals surface area (Å²) in [7, 11) is -4.04. The van der Waals surface area contributed by atoms with Crippen LogP contribution < -0.4 is 0 Å². The van der Waals surface area contributed by atoms with Gasteiger partial charge in [0, 0.05) is 19.5 Å². The van der Waals surface area contributed by atoms with Crippen LogP contribution in [0.25, 0.3) is 0 Å². The van der Waals surface area contributed by atoms with Crippen LogP contribution in [-0.4, -0.2) is 17.1 Å². The Kier molecular flexibility index (Phi) is 16.4. The van der Waals surface area contributed by atoms with Crippen molar-refractivity contribution in [2.75, 3.05) is 0 Å². The van der Waals surface area contributed by atoms with E-state index in [4.69, 9.17) is 9.05 Å². The summed E-state index contributed by atoms with van der Waals surface area (Å²) in [6.45, 7) is 11.5. The summed E-state index contributed by atoms with van der Waals surface area (Å²) in [5.74, 6) is 0. The van der Waals surface area contributed by atoms with Crippen molar-refractivity contribution in [2.24, 2.45) is 0 Å². The number of hydrogen-bond donors (Lipinski definition) is 1. The van der Waals surface area contributed by atoms with Gasteiger partial charge < -0.3 is 4.89 Å². The van der Waals surface area contributed by atoms with Gasteiger partial charge in [-0.05, 0) is 25.7 Å². The molecule has 22 heavy (non-hydrogen) atoms. The van der Waals surface area contributed by atoms with Gasteiger partial charge >= 0.3 is 7.82 Å². The van der Waals surface area contributed by atoms with Gasteiger partial charge in [-0.1, -0.05) is 51.7 Å². The molecule has 0 heterocycles. The number of rotatable bonds is 14. The van der Waals surface area contributed by atoms with Gasteiger partial charge in [0.1, 0.15) is 0 Å². The fourth-order valence-electron chi connectivity index (χ4n) is 2.06. The van der Waals surface area contributed by atoms with Crippen molar-refractivity contribution >= 4 is 7.82 Å². The van der Waals surface area contributed by atoms with E-state index >= 15 is 0 Å². The third kappa shape index (κ3) is 12.7. The molecule has 0 aliphatic rings. The molecule has 0 aliphatic heterocycles. The van der Waals surface area contributed by atoms with Crippen molar-refractivity contribution in [2.45, 2.75) is 77.4 Å². The number of phosphoric ester groups is 1. The third-order valence-electron chi connectivity index (χ3n) is 3.18. The normalized spacial score (nSPS) is 16.1. The molecule has 0 aromatic heterocycles. The van der Waals surface area contributed by atoms with Crippen LogP contribution in [0.15, 0.2) is 25.3 Å². The molecular weight excluding hydrogens is 353 g/mol. The average molecular weight is 384 g/mol. The Bertz CT molecular complexity index is 308. The Morgan fingerprint density at radius 1 is 1.00 bits per heavy atom. The van der Waals surface area contributed by atoms with Crippen molar-refractivity contribution in [1.29, 1.82) is 0 Å². The van der Waals surface area contributed by atoms with Crippen LogP contribution in [0.3, 0.4) is 0 Å². The SMILES string of the molecule is C=CCC(CCCC)OP(=O)(O)OC(CC=C)CCCC.[Zn]. The smallest absolute Gasteiger partial charge is 0.302 e. The summed E-state index contributed by atoms with van der Waals surface area (Å²) in [5, 5.41) is 0. The fourth-order valence-corrected chi connectivity index (χ4v) is 3.25. The third-order valence-corrected chi connectivity index (χ3v) is 4.31. The molecule has 0 saturated heterocycles. The van der Waals surface area contributed by atoms with E-state index < -0.39 is 7.82 Å². The molecule has 0 radical (unpaired) electrons. The topological polar surface area (TPSA) is 55.8 Å². The number of unbranched alkanes of at least 4 members (excludes halogenated alkanes) is 2. The molecule has 4 nitrogen and oxygen atoms in total. The summed E-state index contributed by atoms with van der Waals surface area (Å²) >= 11 is 0. The maximum absolute atomic E-state index is 12.2. The quantitative estimate of drug-likeness (QED) is 0.248. The first kappa shape index (κ1) is 24.5. The van der Waals surface area contributed by atoms with E-state index in [9.17, 15) is 9.46 Å². The predicted molar refractivity (Wildman–Crippen MR) is 88.2 cm³/mol. The van der Waals surface area contributed by atoms with E-state index in [0.717, 1.165) is 38.5 Å². The van der Waals surface area contributed by atoms with Crippen molar-refractivity contribution < 1.29 is 38.0 Å². The summed E-state index contributed by atoms with van der Waals surface area (Å²) < 4.78 is 22.8. The second-order valence-electron chi connectivity index (χ2n) is 5.26. The molecule has 2 atom stereocenters. The van der Waals surface area contributed by atoms with Crippen LogP contribution in [0.5, 0.6) is 0 Å². The first-order chi connectivity index (χ1) is 9.99. The van der Waals surface area contributed by atoms with Crippen LogP contribution in [0.4, 0.5) is 0 Å². The Morgan fingerprint density at radius 2 is 1.36 bits per heavy atom. The zero-order valence-corrected chi connectivity index (χ0v) is 18.1. The van der Waals surface area contributed by atoms with E-state index in [1.54, 1.807) is 12.2 Å². The van der Waals surface area contributed by atoms with E-state index in [1.807, 2.05) is 0 Å². The standard InChI is InChI=1S/C16H31O4P.Zn/c1-5-9-13-15(11-7-3)19-21(17,18)20-16(12-8-4)14-10-6-2;/h7-8,15-16H,3-6,9-14H2,1-2H3,(H,17,18);. The van der Waals surface area contributed by atoms with Crippen LogP contribution >= 0.6 is 7.82 Å². The molecule has 0 aliphatic carbocycles. The Hall–Kier alpha value is 0.213. The summed E-state index contributed by atoms with van der Waals surface area (Å²) in [5.41, 5.74) is 0. The zero-order chi connectivity index (χ0) is 16.1. The van der Waals surface area contributed by atoms with Crippen molar-refractivity contribution in [3.63, 3.8) is 0 Å². The molecule has 0 saturated carbocycles. The zero-order valence-electron chi connectivity index (χ0n) is 14.2. The minimum atomic E-state index is -4.04. The molecule has 0 amide bonds. The fraction of sp³-hybridized carbons (Fsp3) is 0.750. The van der Waals surface area contributed by atoms with E-state index in [1.165, 1.54) is 0 Å². The average Bonchev–Trinajstić information content (AvgIpc) is 2.42. The van der Waals surface area contributed by atoms with Gasteiger partial charge in [-0.15, -0.1) is 13.2 Å². The minimum absolute atomic E-state index is 0. The largest absolute Gasteiger partial charge is 0.472 e. The summed E-state index contributed by atoms with van der Waals surface area (Å²) in [6.07, 6.45) is 9.29. The summed E-state index contributed by atoms with van der Waals surface area (Å²) in [4.78, 5) is 9.95. The maximum atomic E-state index is 12.2. The van der Waals surface area contributed by atoms with Gasteiger partial charge in [0.15, 0.2) is 0 Å². The van der Waals surface area contributed by atoms with E-state index in [2.05, 4.69) is 27.0 Å². The molecule has 0 bridgehead atoms. The van der Waals surface area contributed by atoms with Gasteiger partial charge in [0.05, 0.1) is 12.2 Å². The van der Waals surface area contributed by atoms with Crippen LogP contribution in [0.2, 0.25) is 0 Å². The van der Waals surface area contributed by atoms with Gasteiger partial charge in [-0.2, -0.15) is 0 Å². The van der Waals surface area contributed by atoms with Crippen molar-refractivity contribution in [1.82, 2.24) is 0 Å². The Labute approximate surface area is 148 Å². The first-order valence-corrected chi connectivity index (χ1v) is 9.39. The second-order valence-corrected chi connectivity index (χ2v) is 6.62. The van der Waals surface area contributed by atoms with Crippen molar-refractivity contribution in [3.05, 3.63) is 25.3 Å². The van der Waals surface area contributed by atoms with Crippen LogP contribution in [-0.2, 0) is 33.1 Å². The van der Waals surface area contributed by atoms with Gasteiger partial charge in [0.2, 0.25) is 0 Å². The summed E-state index contributed by atoms with van der Waals surface area (Å²) in [6, 6.07) is 0.